The second kappa shape index (κ2) is 4.89. The van der Waals surface area contributed by atoms with Gasteiger partial charge >= 0.3 is 0 Å². The molecule has 1 N–H and O–H groups in total. The van der Waals surface area contributed by atoms with Gasteiger partial charge in [-0.2, -0.15) is 0 Å². The van der Waals surface area contributed by atoms with E-state index in [1.54, 1.807) is 13.0 Å². The lowest BCUT2D eigenvalue weighted by Crippen LogP contribution is -1.84. The number of hydrogen-bond donors (Lipinski definition) is 1. The zero-order valence-corrected chi connectivity index (χ0v) is 9.43. The highest BCUT2D eigenvalue weighted by molar-refractivity contribution is 8.13. The van der Waals surface area contributed by atoms with E-state index in [0.717, 1.165) is 11.3 Å². The van der Waals surface area contributed by atoms with Crippen LogP contribution in [-0.2, 0) is 5.75 Å². The van der Waals surface area contributed by atoms with Crippen molar-refractivity contribution < 1.29 is 0 Å². The van der Waals surface area contributed by atoms with Crippen molar-refractivity contribution in [1.29, 1.82) is 5.41 Å². The lowest BCUT2D eigenvalue weighted by Gasteiger charge is -2.01. The van der Waals surface area contributed by atoms with E-state index < -0.39 is 0 Å². The fourth-order valence-corrected chi connectivity index (χ4v) is 1.70. The van der Waals surface area contributed by atoms with Crippen LogP contribution in [0.4, 0.5) is 0 Å². The Kier molecular flexibility index (Phi) is 4.10. The Hall–Kier alpha value is -0.180. The largest absolute Gasteiger partial charge is 0.299 e. The van der Waals surface area contributed by atoms with Crippen LogP contribution in [0.2, 0.25) is 10.0 Å². The third-order valence-electron chi connectivity index (χ3n) is 1.44. The second-order valence-corrected chi connectivity index (χ2v) is 4.60. The van der Waals surface area contributed by atoms with Crippen LogP contribution in [0.1, 0.15) is 12.5 Å². The van der Waals surface area contributed by atoms with E-state index in [1.807, 2.05) is 12.1 Å². The van der Waals surface area contributed by atoms with Crippen LogP contribution < -0.4 is 0 Å². The molecule has 0 atom stereocenters. The van der Waals surface area contributed by atoms with E-state index in [-0.39, 0.29) is 0 Å². The first-order valence-electron chi connectivity index (χ1n) is 3.71. The van der Waals surface area contributed by atoms with Crippen molar-refractivity contribution in [2.45, 2.75) is 12.7 Å². The predicted octanol–water partition coefficient (Wildman–Crippen LogP) is 4.22. The highest BCUT2D eigenvalue weighted by Gasteiger charge is 1.99. The average Bonchev–Trinajstić information content (AvgIpc) is 2.07. The molecule has 1 aromatic carbocycles. The average molecular weight is 234 g/mol. The maximum absolute atomic E-state index is 7.24. The van der Waals surface area contributed by atoms with Crippen LogP contribution in [0, 0.1) is 5.41 Å². The van der Waals surface area contributed by atoms with E-state index in [9.17, 15) is 0 Å². The van der Waals surface area contributed by atoms with Crippen molar-refractivity contribution in [3.8, 4) is 0 Å². The molecule has 0 amide bonds. The van der Waals surface area contributed by atoms with Gasteiger partial charge in [0.05, 0.1) is 15.1 Å². The molecule has 0 bridgehead atoms. The fraction of sp³-hybridized carbons (Fsp3) is 0.222. The Balaban J connectivity index is 2.68. The van der Waals surface area contributed by atoms with Crippen LogP contribution >= 0.6 is 35.0 Å². The molecule has 0 heterocycles. The van der Waals surface area contributed by atoms with Gasteiger partial charge in [-0.05, 0) is 24.6 Å². The van der Waals surface area contributed by atoms with Gasteiger partial charge in [0.1, 0.15) is 0 Å². The van der Waals surface area contributed by atoms with Crippen LogP contribution in [0.3, 0.4) is 0 Å². The van der Waals surface area contributed by atoms with Gasteiger partial charge in [-0.1, -0.05) is 29.3 Å². The summed E-state index contributed by atoms with van der Waals surface area (Å²) in [6.07, 6.45) is 0. The van der Waals surface area contributed by atoms with Gasteiger partial charge in [0.2, 0.25) is 0 Å². The van der Waals surface area contributed by atoms with Gasteiger partial charge < -0.3 is 0 Å². The van der Waals surface area contributed by atoms with E-state index in [4.69, 9.17) is 28.6 Å². The van der Waals surface area contributed by atoms with Crippen LogP contribution in [0.5, 0.6) is 0 Å². The second-order valence-electron chi connectivity index (χ2n) is 2.59. The first-order valence-corrected chi connectivity index (χ1v) is 5.45. The topological polar surface area (TPSA) is 23.9 Å². The number of nitrogens with one attached hydrogen (secondary N) is 1. The third-order valence-corrected chi connectivity index (χ3v) is 3.09. The number of benzene rings is 1. The molecule has 0 saturated heterocycles. The molecule has 0 aliphatic heterocycles. The maximum atomic E-state index is 7.24. The Bertz CT molecular complexity index is 325. The summed E-state index contributed by atoms with van der Waals surface area (Å²) in [6, 6.07) is 5.53. The smallest absolute Gasteiger partial charge is 0.0613 e. The molecular formula is C9H9Cl2NS. The molecule has 13 heavy (non-hydrogen) atoms. The summed E-state index contributed by atoms with van der Waals surface area (Å²) in [5.41, 5.74) is 1.09. The minimum absolute atomic E-state index is 0.571. The molecular weight excluding hydrogens is 225 g/mol. The summed E-state index contributed by atoms with van der Waals surface area (Å²) in [4.78, 5) is 0. The molecule has 1 rings (SSSR count). The van der Waals surface area contributed by atoms with E-state index in [1.165, 1.54) is 11.8 Å². The summed E-state index contributed by atoms with van der Waals surface area (Å²) in [7, 11) is 0. The van der Waals surface area contributed by atoms with Crippen molar-refractivity contribution in [1.82, 2.24) is 0 Å². The number of thioether (sulfide) groups is 1. The van der Waals surface area contributed by atoms with Gasteiger partial charge in [0.25, 0.3) is 0 Å². The van der Waals surface area contributed by atoms with Crippen molar-refractivity contribution >= 4 is 40.0 Å². The van der Waals surface area contributed by atoms with Crippen LogP contribution in [-0.4, -0.2) is 5.04 Å². The van der Waals surface area contributed by atoms with Crippen LogP contribution in [0.15, 0.2) is 18.2 Å². The first kappa shape index (κ1) is 10.9. The highest BCUT2D eigenvalue weighted by atomic mass is 35.5. The van der Waals surface area contributed by atoms with Gasteiger partial charge in [-0.15, -0.1) is 11.8 Å². The van der Waals surface area contributed by atoms with Gasteiger partial charge in [0.15, 0.2) is 0 Å². The number of halogens is 2. The van der Waals surface area contributed by atoms with Gasteiger partial charge in [0, 0.05) is 5.75 Å². The summed E-state index contributed by atoms with van der Waals surface area (Å²) < 4.78 is 0. The number of rotatable bonds is 2. The summed E-state index contributed by atoms with van der Waals surface area (Å²) in [5, 5.41) is 8.99. The minimum Gasteiger partial charge on any atom is -0.299 e. The molecule has 0 fully saturated rings. The Labute approximate surface area is 91.9 Å². The predicted molar refractivity (Wildman–Crippen MR) is 61.2 cm³/mol. The van der Waals surface area contributed by atoms with E-state index >= 15 is 0 Å². The van der Waals surface area contributed by atoms with Gasteiger partial charge in [-0.25, -0.2) is 0 Å². The minimum atomic E-state index is 0.571. The van der Waals surface area contributed by atoms with Gasteiger partial charge in [-0.3, -0.25) is 5.41 Å². The molecule has 0 aromatic heterocycles. The summed E-state index contributed by atoms with van der Waals surface area (Å²) in [5.74, 6) is 0.770. The number of hydrogen-bond acceptors (Lipinski definition) is 2. The maximum Gasteiger partial charge on any atom is 0.0613 e. The molecule has 1 aromatic rings. The van der Waals surface area contributed by atoms with Crippen molar-refractivity contribution in [2.24, 2.45) is 0 Å². The zero-order valence-electron chi connectivity index (χ0n) is 7.10. The molecule has 1 nitrogen and oxygen atoms in total. The molecule has 0 unspecified atom stereocenters. The Morgan fingerprint density at radius 3 is 2.62 bits per heavy atom. The fourth-order valence-electron chi connectivity index (χ4n) is 0.821. The molecule has 0 radical (unpaired) electrons. The third kappa shape index (κ3) is 3.59. The summed E-state index contributed by atoms with van der Waals surface area (Å²) >= 11 is 13.1. The molecule has 4 heteroatoms. The molecule has 0 spiro atoms. The Morgan fingerprint density at radius 2 is 2.08 bits per heavy atom. The quantitative estimate of drug-likeness (QED) is 0.601. The molecule has 70 valence electrons. The van der Waals surface area contributed by atoms with Crippen molar-refractivity contribution in [3.63, 3.8) is 0 Å². The van der Waals surface area contributed by atoms with Crippen molar-refractivity contribution in [3.05, 3.63) is 33.8 Å². The normalized spacial score (nSPS) is 10.1. The monoisotopic (exact) mass is 233 g/mol. The lowest BCUT2D eigenvalue weighted by atomic mass is 10.2. The molecule has 0 aliphatic rings. The standard InChI is InChI=1S/C9H9Cl2NS/c1-6(12)13-5-7-2-3-8(10)9(11)4-7/h2-4,12H,5H2,1H3. The Morgan fingerprint density at radius 1 is 1.38 bits per heavy atom. The lowest BCUT2D eigenvalue weighted by molar-refractivity contribution is 1.42. The van der Waals surface area contributed by atoms with Crippen molar-refractivity contribution in [2.75, 3.05) is 0 Å². The molecule has 0 saturated carbocycles. The molecule has 0 aliphatic carbocycles. The van der Waals surface area contributed by atoms with E-state index in [2.05, 4.69) is 0 Å². The van der Waals surface area contributed by atoms with E-state index in [0.29, 0.717) is 15.1 Å². The first-order chi connectivity index (χ1) is 6.09. The SMILES string of the molecule is CC(=N)SCc1ccc(Cl)c(Cl)c1. The highest BCUT2D eigenvalue weighted by Crippen LogP contribution is 2.24. The van der Waals surface area contributed by atoms with Crippen LogP contribution in [0.25, 0.3) is 0 Å². The zero-order chi connectivity index (χ0) is 9.84. The summed E-state index contributed by atoms with van der Waals surface area (Å²) in [6.45, 7) is 1.77.